The summed E-state index contributed by atoms with van der Waals surface area (Å²) in [6.45, 7) is -1.69. The SMILES string of the molecule is O=C1O[C@H]([C@@H](O)CO)C(O)=C1OP(=O)([O-])[O-].O=C1O[C@H]([C@@H](O)CO)C(O)=C1OP(=O)([O-])[O-].[Mg+2].[Mg+2]. The van der Waals surface area contributed by atoms with Gasteiger partial charge in [0.25, 0.3) is 11.5 Å². The second-order valence-corrected chi connectivity index (χ2v) is 7.81. The van der Waals surface area contributed by atoms with E-state index in [0.29, 0.717) is 0 Å². The molecule has 2 rings (SSSR count). The minimum Gasteiger partial charge on any atom is -0.780 e. The van der Waals surface area contributed by atoms with Gasteiger partial charge in [0.05, 0.1) is 13.2 Å². The summed E-state index contributed by atoms with van der Waals surface area (Å²) in [5.41, 5.74) is 0. The van der Waals surface area contributed by atoms with Gasteiger partial charge in [0.2, 0.25) is 0 Å². The van der Waals surface area contributed by atoms with Gasteiger partial charge in [0.1, 0.15) is 27.9 Å². The summed E-state index contributed by atoms with van der Waals surface area (Å²) in [7, 11) is -11.0. The number of cyclic esters (lactones) is 2. The number of esters is 2. The Morgan fingerprint density at radius 2 is 1.03 bits per heavy atom. The van der Waals surface area contributed by atoms with Gasteiger partial charge in [0, 0.05) is 0 Å². The molecule has 22 heteroatoms. The van der Waals surface area contributed by atoms with Crippen molar-refractivity contribution in [1.29, 1.82) is 0 Å². The second-order valence-electron chi connectivity index (χ2n) is 5.66. The van der Waals surface area contributed by atoms with Gasteiger partial charge in [-0.25, -0.2) is 9.59 Å². The van der Waals surface area contributed by atoms with Crippen LogP contribution in [0.4, 0.5) is 0 Å². The maximum atomic E-state index is 10.9. The molecule has 4 atom stereocenters. The van der Waals surface area contributed by atoms with E-state index in [1.807, 2.05) is 0 Å². The predicted octanol–water partition coefficient (Wildman–Crippen LogP) is -7.00. The van der Waals surface area contributed by atoms with Crippen molar-refractivity contribution in [3.63, 3.8) is 0 Å². The first-order chi connectivity index (χ1) is 14.5. The maximum absolute atomic E-state index is 10.9. The topological polar surface area (TPSA) is 319 Å². The van der Waals surface area contributed by atoms with Gasteiger partial charge in [-0.3, -0.25) is 0 Å². The van der Waals surface area contributed by atoms with Crippen LogP contribution in [0.1, 0.15) is 0 Å². The average Bonchev–Trinajstić information content (AvgIpc) is 3.10. The molecule has 18 nitrogen and oxygen atoms in total. The molecule has 2 aliphatic rings. The summed E-state index contributed by atoms with van der Waals surface area (Å²) in [6.07, 6.45) is -6.61. The third kappa shape index (κ3) is 10.1. The van der Waals surface area contributed by atoms with Gasteiger partial charge in [-0.05, 0) is 0 Å². The van der Waals surface area contributed by atoms with Gasteiger partial charge in [-0.2, -0.15) is 0 Å². The van der Waals surface area contributed by atoms with Crippen molar-refractivity contribution in [3.05, 3.63) is 23.0 Å². The number of phosphoric ester groups is 2. The Hall–Kier alpha value is -0.708. The zero-order valence-electron chi connectivity index (χ0n) is 16.6. The summed E-state index contributed by atoms with van der Waals surface area (Å²) in [6, 6.07) is 0. The quantitative estimate of drug-likeness (QED) is 0.0917. The van der Waals surface area contributed by atoms with Crippen LogP contribution >= 0.6 is 15.6 Å². The fourth-order valence-corrected chi connectivity index (χ4v) is 2.80. The van der Waals surface area contributed by atoms with Gasteiger partial charge in [-0.15, -0.1) is 0 Å². The van der Waals surface area contributed by atoms with Crippen LogP contribution in [-0.2, 0) is 37.2 Å². The molecule has 0 saturated heterocycles. The Morgan fingerprint density at radius 1 is 0.765 bits per heavy atom. The number of hydrogen-bond donors (Lipinski definition) is 6. The molecule has 0 radical (unpaired) electrons. The van der Waals surface area contributed by atoms with Crippen LogP contribution in [0, 0.1) is 0 Å². The molecule has 0 aromatic rings. The van der Waals surface area contributed by atoms with E-state index >= 15 is 0 Å². The van der Waals surface area contributed by atoms with Crippen LogP contribution in [0.25, 0.3) is 0 Å². The summed E-state index contributed by atoms with van der Waals surface area (Å²) in [4.78, 5) is 62.7. The van der Waals surface area contributed by atoms with Gasteiger partial charge in [-0.1, -0.05) is 0 Å². The first kappa shape index (κ1) is 35.5. The van der Waals surface area contributed by atoms with Crippen molar-refractivity contribution in [2.75, 3.05) is 13.2 Å². The standard InChI is InChI=1S/2C6H9O9P.2Mg/c2*7-1-2(8)4-3(9)5(6(10)14-4)15-16(11,12)13;;/h2*2,4,7-9H,1H2,(H2,11,12,13);;/q;;2*+2/p-4/t2*2-,4+;;/m00../s1. The Labute approximate surface area is 221 Å². The van der Waals surface area contributed by atoms with Crippen molar-refractivity contribution in [3.8, 4) is 0 Å². The number of aliphatic hydroxyl groups excluding tert-OH is 6. The van der Waals surface area contributed by atoms with Gasteiger partial charge < -0.3 is 77.9 Å². The molecule has 0 aromatic heterocycles. The zero-order valence-corrected chi connectivity index (χ0v) is 21.2. The molecule has 0 amide bonds. The number of phosphoric acid groups is 2. The first-order valence-corrected chi connectivity index (χ1v) is 10.7. The average molecular weight is 557 g/mol. The van der Waals surface area contributed by atoms with Crippen LogP contribution in [0.5, 0.6) is 0 Å². The number of aliphatic hydroxyl groups is 6. The van der Waals surface area contributed by atoms with Gasteiger partial charge in [0.15, 0.2) is 23.7 Å². The van der Waals surface area contributed by atoms with Crippen LogP contribution in [0.3, 0.4) is 0 Å². The Bertz CT molecular complexity index is 819. The van der Waals surface area contributed by atoms with E-state index in [1.54, 1.807) is 0 Å². The zero-order chi connectivity index (χ0) is 25.0. The van der Waals surface area contributed by atoms with E-state index in [9.17, 15) is 48.5 Å². The number of ether oxygens (including phenoxy) is 2. The molecule has 34 heavy (non-hydrogen) atoms. The molecule has 0 unspecified atom stereocenters. The molecule has 184 valence electrons. The predicted molar refractivity (Wildman–Crippen MR) is 94.1 cm³/mol. The largest absolute Gasteiger partial charge is 2.00 e. The van der Waals surface area contributed by atoms with E-state index in [4.69, 9.17) is 20.4 Å². The van der Waals surface area contributed by atoms with Crippen molar-refractivity contribution >= 4 is 73.7 Å². The summed E-state index contributed by atoms with van der Waals surface area (Å²) >= 11 is 0. The number of carbonyl (C=O) groups excluding carboxylic acids is 2. The summed E-state index contributed by atoms with van der Waals surface area (Å²) in [5, 5.41) is 53.6. The van der Waals surface area contributed by atoms with E-state index in [2.05, 4.69) is 18.5 Å². The molecule has 0 saturated carbocycles. The fraction of sp³-hybridized carbons (Fsp3) is 0.500. The first-order valence-electron chi connectivity index (χ1n) is 7.81. The minimum atomic E-state index is -5.52. The molecule has 2 heterocycles. The molecule has 0 aliphatic carbocycles. The Morgan fingerprint density at radius 3 is 1.24 bits per heavy atom. The van der Waals surface area contributed by atoms with Crippen molar-refractivity contribution in [2.45, 2.75) is 24.4 Å². The van der Waals surface area contributed by atoms with Crippen LogP contribution in [0.2, 0.25) is 0 Å². The minimum absolute atomic E-state index is 0. The van der Waals surface area contributed by atoms with E-state index < -0.39 is 88.3 Å². The third-order valence-corrected chi connectivity index (χ3v) is 4.13. The third-order valence-electron chi connectivity index (χ3n) is 3.32. The van der Waals surface area contributed by atoms with E-state index in [0.717, 1.165) is 0 Å². The monoisotopic (exact) mass is 556 g/mol. The molecule has 0 aromatic carbocycles. The molecule has 0 spiro atoms. The molecule has 6 N–H and O–H groups in total. The molecule has 0 bridgehead atoms. The second kappa shape index (κ2) is 14.1. The van der Waals surface area contributed by atoms with Crippen molar-refractivity contribution in [2.24, 2.45) is 0 Å². The van der Waals surface area contributed by atoms with E-state index in [1.165, 1.54) is 0 Å². The smallest absolute Gasteiger partial charge is 0.780 e. The Balaban J connectivity index is 0. The molecular formula is C12H14Mg2O18P2. The van der Waals surface area contributed by atoms with Crippen LogP contribution < -0.4 is 19.6 Å². The number of hydrogen-bond acceptors (Lipinski definition) is 18. The summed E-state index contributed by atoms with van der Waals surface area (Å²) in [5.74, 6) is -7.35. The van der Waals surface area contributed by atoms with Crippen molar-refractivity contribution in [1.82, 2.24) is 0 Å². The molecule has 2 aliphatic heterocycles. The molecule has 0 fully saturated rings. The Kier molecular flexibility index (Phi) is 14.7. The van der Waals surface area contributed by atoms with E-state index in [-0.39, 0.29) is 46.1 Å². The molecular weight excluding hydrogens is 543 g/mol. The van der Waals surface area contributed by atoms with Crippen LogP contribution in [-0.4, -0.2) is 126 Å². The fourth-order valence-electron chi connectivity index (χ4n) is 2.02. The maximum Gasteiger partial charge on any atom is 2.00 e. The van der Waals surface area contributed by atoms with Crippen LogP contribution in [0.15, 0.2) is 23.0 Å². The van der Waals surface area contributed by atoms with Crippen molar-refractivity contribution < 1.29 is 87.5 Å². The summed E-state index contributed by atoms with van der Waals surface area (Å²) < 4.78 is 36.3. The number of rotatable bonds is 8. The normalized spacial score (nSPS) is 21.9. The number of carbonyl (C=O) groups is 2. The van der Waals surface area contributed by atoms with Gasteiger partial charge >= 0.3 is 58.0 Å².